The van der Waals surface area contributed by atoms with Gasteiger partial charge in [-0.2, -0.15) is 0 Å². The highest BCUT2D eigenvalue weighted by Crippen LogP contribution is 2.29. The Morgan fingerprint density at radius 1 is 1.16 bits per heavy atom. The maximum absolute atomic E-state index is 12.8. The zero-order valence-corrected chi connectivity index (χ0v) is 15.4. The smallest absolute Gasteiger partial charge is 0.227 e. The predicted octanol–water partition coefficient (Wildman–Crippen LogP) is 2.18. The first-order chi connectivity index (χ1) is 12.0. The molecule has 1 amide bonds. The Morgan fingerprint density at radius 3 is 2.56 bits per heavy atom. The number of nitrogens with zero attached hydrogens (tertiary/aromatic N) is 2. The Morgan fingerprint density at radius 2 is 1.84 bits per heavy atom. The maximum Gasteiger partial charge on any atom is 0.227 e. The molecule has 134 valence electrons. The monoisotopic (exact) mass is 341 g/mol. The van der Waals surface area contributed by atoms with Crippen molar-refractivity contribution >= 4 is 16.8 Å². The van der Waals surface area contributed by atoms with E-state index in [1.807, 2.05) is 4.90 Å². The molecule has 2 aromatic rings. The van der Waals surface area contributed by atoms with Crippen LogP contribution in [0.25, 0.3) is 10.9 Å². The van der Waals surface area contributed by atoms with Gasteiger partial charge < -0.3 is 14.6 Å². The van der Waals surface area contributed by atoms with Gasteiger partial charge in [-0.1, -0.05) is 12.1 Å². The van der Waals surface area contributed by atoms with Gasteiger partial charge >= 0.3 is 0 Å². The van der Waals surface area contributed by atoms with Crippen LogP contribution in [-0.2, 0) is 16.0 Å². The summed E-state index contributed by atoms with van der Waals surface area (Å²) >= 11 is 0. The van der Waals surface area contributed by atoms with Gasteiger partial charge in [-0.3, -0.25) is 9.69 Å². The fourth-order valence-electron chi connectivity index (χ4n) is 4.13. The van der Waals surface area contributed by atoms with Crippen molar-refractivity contribution in [2.24, 2.45) is 0 Å². The predicted molar refractivity (Wildman–Crippen MR) is 99.0 cm³/mol. The third-order valence-corrected chi connectivity index (χ3v) is 5.79. The minimum absolute atomic E-state index is 0.245. The first kappa shape index (κ1) is 16.6. The number of hydrogen-bond acceptors (Lipinski definition) is 3. The molecule has 4 rings (SSSR count). The number of amides is 1. The normalized spacial score (nSPS) is 19.4. The summed E-state index contributed by atoms with van der Waals surface area (Å²) in [6.07, 6.45) is 0.492. The van der Waals surface area contributed by atoms with Crippen LogP contribution < -0.4 is 0 Å². The van der Waals surface area contributed by atoms with E-state index in [0.29, 0.717) is 12.5 Å². The molecule has 0 radical (unpaired) electrons. The third kappa shape index (κ3) is 2.96. The summed E-state index contributed by atoms with van der Waals surface area (Å²) in [6.45, 7) is 11.7. The number of H-pyrrole nitrogens is 1. The highest BCUT2D eigenvalue weighted by Gasteiger charge is 2.35. The second-order valence-corrected chi connectivity index (χ2v) is 7.46. The SMILES string of the molecule is Cc1[nH]c2c(C)ccc(C)c2c1CC(=O)N1CC(N2CCOCC2)C1. The number of morpholine rings is 1. The Labute approximate surface area is 148 Å². The molecule has 2 fully saturated rings. The summed E-state index contributed by atoms with van der Waals surface area (Å²) < 4.78 is 5.41. The number of aromatic amines is 1. The average Bonchev–Trinajstić information content (AvgIpc) is 2.89. The van der Waals surface area contributed by atoms with Crippen LogP contribution >= 0.6 is 0 Å². The Bertz CT molecular complexity index is 799. The van der Waals surface area contributed by atoms with Crippen LogP contribution in [0, 0.1) is 20.8 Å². The van der Waals surface area contributed by atoms with Crippen molar-refractivity contribution in [3.63, 3.8) is 0 Å². The molecule has 2 aliphatic rings. The lowest BCUT2D eigenvalue weighted by atomic mass is 9.99. The van der Waals surface area contributed by atoms with Crippen LogP contribution in [0.1, 0.15) is 22.4 Å². The zero-order valence-electron chi connectivity index (χ0n) is 15.4. The summed E-state index contributed by atoms with van der Waals surface area (Å²) in [7, 11) is 0. The lowest BCUT2D eigenvalue weighted by Gasteiger charge is -2.46. The van der Waals surface area contributed by atoms with Crippen molar-refractivity contribution < 1.29 is 9.53 Å². The number of benzene rings is 1. The molecule has 5 nitrogen and oxygen atoms in total. The van der Waals surface area contributed by atoms with Gasteiger partial charge in [0.1, 0.15) is 0 Å². The van der Waals surface area contributed by atoms with Gasteiger partial charge in [-0.05, 0) is 37.5 Å². The standard InChI is InChI=1S/C20H27N3O2/c1-13-4-5-14(2)20-19(13)17(15(3)21-20)10-18(24)23-11-16(12-23)22-6-8-25-9-7-22/h4-5,16,21H,6-12H2,1-3H3. The second kappa shape index (κ2) is 6.46. The lowest BCUT2D eigenvalue weighted by molar-refractivity contribution is -0.139. The van der Waals surface area contributed by atoms with E-state index in [2.05, 4.69) is 42.8 Å². The molecular formula is C20H27N3O2. The molecule has 1 aromatic carbocycles. The van der Waals surface area contributed by atoms with Gasteiger partial charge in [0, 0.05) is 48.8 Å². The molecular weight excluding hydrogens is 314 g/mol. The number of likely N-dealkylation sites (tertiary alicyclic amines) is 1. The summed E-state index contributed by atoms with van der Waals surface area (Å²) in [5.41, 5.74) is 5.93. The summed E-state index contributed by atoms with van der Waals surface area (Å²) in [6, 6.07) is 4.80. The summed E-state index contributed by atoms with van der Waals surface area (Å²) in [5, 5.41) is 1.23. The minimum Gasteiger partial charge on any atom is -0.379 e. The van der Waals surface area contributed by atoms with Crippen molar-refractivity contribution in [3.05, 3.63) is 34.5 Å². The first-order valence-electron chi connectivity index (χ1n) is 9.21. The lowest BCUT2D eigenvalue weighted by Crippen LogP contribution is -2.63. The van der Waals surface area contributed by atoms with Gasteiger partial charge in [0.2, 0.25) is 5.91 Å². The van der Waals surface area contributed by atoms with Gasteiger partial charge in [-0.25, -0.2) is 0 Å². The zero-order chi connectivity index (χ0) is 17.6. The topological polar surface area (TPSA) is 48.6 Å². The van der Waals surface area contributed by atoms with Crippen LogP contribution in [0.3, 0.4) is 0 Å². The number of aromatic nitrogens is 1. The van der Waals surface area contributed by atoms with Gasteiger partial charge in [0.05, 0.1) is 19.6 Å². The molecule has 5 heteroatoms. The number of ether oxygens (including phenoxy) is 1. The maximum atomic E-state index is 12.8. The molecule has 0 atom stereocenters. The van der Waals surface area contributed by atoms with E-state index in [4.69, 9.17) is 4.74 Å². The van der Waals surface area contributed by atoms with Crippen molar-refractivity contribution in [3.8, 4) is 0 Å². The van der Waals surface area contributed by atoms with E-state index in [0.717, 1.165) is 50.7 Å². The van der Waals surface area contributed by atoms with E-state index in [1.165, 1.54) is 22.0 Å². The van der Waals surface area contributed by atoms with Crippen LogP contribution in [-0.4, -0.2) is 66.1 Å². The summed E-state index contributed by atoms with van der Waals surface area (Å²) in [5.74, 6) is 0.245. The molecule has 25 heavy (non-hydrogen) atoms. The molecule has 3 heterocycles. The molecule has 2 saturated heterocycles. The molecule has 0 saturated carbocycles. The van der Waals surface area contributed by atoms with Crippen molar-refractivity contribution in [1.29, 1.82) is 0 Å². The highest BCUT2D eigenvalue weighted by atomic mass is 16.5. The van der Waals surface area contributed by atoms with Gasteiger partial charge in [0.15, 0.2) is 0 Å². The molecule has 0 spiro atoms. The first-order valence-corrected chi connectivity index (χ1v) is 9.21. The highest BCUT2D eigenvalue weighted by molar-refractivity contribution is 5.94. The Kier molecular flexibility index (Phi) is 4.29. The number of hydrogen-bond donors (Lipinski definition) is 1. The van der Waals surface area contributed by atoms with Crippen LogP contribution in [0.15, 0.2) is 12.1 Å². The van der Waals surface area contributed by atoms with Crippen molar-refractivity contribution in [2.45, 2.75) is 33.2 Å². The number of carbonyl (C=O) groups is 1. The van der Waals surface area contributed by atoms with Crippen LogP contribution in [0.5, 0.6) is 0 Å². The third-order valence-electron chi connectivity index (χ3n) is 5.79. The number of nitrogens with one attached hydrogen (secondary N) is 1. The molecule has 1 N–H and O–H groups in total. The number of aryl methyl sites for hydroxylation is 3. The van der Waals surface area contributed by atoms with Gasteiger partial charge in [0.25, 0.3) is 0 Å². The van der Waals surface area contributed by atoms with Crippen molar-refractivity contribution in [2.75, 3.05) is 39.4 Å². The second-order valence-electron chi connectivity index (χ2n) is 7.46. The molecule has 0 bridgehead atoms. The van der Waals surface area contributed by atoms with E-state index >= 15 is 0 Å². The fraction of sp³-hybridized carbons (Fsp3) is 0.550. The van der Waals surface area contributed by atoms with E-state index < -0.39 is 0 Å². The number of fused-ring (bicyclic) bond motifs is 1. The summed E-state index contributed by atoms with van der Waals surface area (Å²) in [4.78, 5) is 20.7. The molecule has 2 aliphatic heterocycles. The number of rotatable bonds is 3. The molecule has 0 unspecified atom stereocenters. The fourth-order valence-corrected chi connectivity index (χ4v) is 4.13. The van der Waals surface area contributed by atoms with Crippen LogP contribution in [0.4, 0.5) is 0 Å². The minimum atomic E-state index is 0.245. The van der Waals surface area contributed by atoms with Crippen molar-refractivity contribution in [1.82, 2.24) is 14.8 Å². The Balaban J connectivity index is 1.46. The van der Waals surface area contributed by atoms with E-state index in [-0.39, 0.29) is 5.91 Å². The largest absolute Gasteiger partial charge is 0.379 e. The number of carbonyl (C=O) groups excluding carboxylic acids is 1. The van der Waals surface area contributed by atoms with Gasteiger partial charge in [-0.15, -0.1) is 0 Å². The van der Waals surface area contributed by atoms with Crippen LogP contribution in [0.2, 0.25) is 0 Å². The molecule has 1 aromatic heterocycles. The average molecular weight is 341 g/mol. The Hall–Kier alpha value is -1.85. The molecule has 0 aliphatic carbocycles. The van der Waals surface area contributed by atoms with E-state index in [1.54, 1.807) is 0 Å². The van der Waals surface area contributed by atoms with E-state index in [9.17, 15) is 4.79 Å². The quantitative estimate of drug-likeness (QED) is 0.931.